The van der Waals surface area contributed by atoms with E-state index in [4.69, 9.17) is 0 Å². The van der Waals surface area contributed by atoms with Crippen molar-refractivity contribution in [3.05, 3.63) is 58.5 Å². The highest BCUT2D eigenvalue weighted by atomic mass is 14.3. The van der Waals surface area contributed by atoms with Crippen molar-refractivity contribution in [1.82, 2.24) is 0 Å². The van der Waals surface area contributed by atoms with Crippen LogP contribution in [0.2, 0.25) is 0 Å². The van der Waals surface area contributed by atoms with Crippen LogP contribution in [-0.2, 0) is 5.41 Å². The van der Waals surface area contributed by atoms with Gasteiger partial charge in [-0.3, -0.25) is 0 Å². The Bertz CT molecular complexity index is 1390. The zero-order valence-electron chi connectivity index (χ0n) is 15.8. The highest BCUT2D eigenvalue weighted by molar-refractivity contribution is 6.05. The molecule has 0 atom stereocenters. The molecule has 0 N–H and O–H groups in total. The van der Waals surface area contributed by atoms with Gasteiger partial charge in [0.15, 0.2) is 0 Å². The number of rotatable bonds is 0. The third kappa shape index (κ3) is 2.85. The minimum absolute atomic E-state index is 0.00623. The van der Waals surface area contributed by atoms with Gasteiger partial charge in [0.05, 0.1) is 0 Å². The standard InChI is InChI=1S/C24H16N4/c1-24(2,3)17-8-9-20-21(10-17)23(16(13-27)14-28)19-7-5-4-6-18(19)22(20)15(11-25)12-26/h4-10H,1-3H3. The summed E-state index contributed by atoms with van der Waals surface area (Å²) in [5.74, 6) is 0. The quantitative estimate of drug-likeness (QED) is 0.571. The van der Waals surface area contributed by atoms with Crippen molar-refractivity contribution in [2.24, 2.45) is 0 Å². The third-order valence-corrected chi connectivity index (χ3v) is 4.84. The van der Waals surface area contributed by atoms with Crippen molar-refractivity contribution < 1.29 is 0 Å². The minimum Gasteiger partial charge on any atom is -0.192 e. The molecule has 0 saturated heterocycles. The van der Waals surface area contributed by atoms with Crippen LogP contribution in [0.15, 0.2) is 42.5 Å². The van der Waals surface area contributed by atoms with Crippen molar-refractivity contribution in [3.8, 4) is 24.3 Å². The summed E-state index contributed by atoms with van der Waals surface area (Å²) in [4.78, 5) is 0. The van der Waals surface area contributed by atoms with E-state index in [1.54, 1.807) is 0 Å². The van der Waals surface area contributed by atoms with Crippen LogP contribution in [0.3, 0.4) is 0 Å². The van der Waals surface area contributed by atoms with Gasteiger partial charge in [0.2, 0.25) is 0 Å². The Balaban J connectivity index is 2.89. The van der Waals surface area contributed by atoms with E-state index >= 15 is 0 Å². The second-order valence-corrected chi connectivity index (χ2v) is 7.50. The fourth-order valence-corrected chi connectivity index (χ4v) is 3.46. The molecule has 4 heteroatoms. The summed E-state index contributed by atoms with van der Waals surface area (Å²) in [6.45, 7) is 6.24. The molecule has 0 amide bonds. The maximum atomic E-state index is 9.58. The molecule has 0 aliphatic carbocycles. The number of nitrogens with zero attached hydrogens (tertiary/aromatic N) is 4. The molecule has 0 heterocycles. The zero-order chi connectivity index (χ0) is 20.5. The Morgan fingerprint density at radius 3 is 1.50 bits per heavy atom. The highest BCUT2D eigenvalue weighted by Crippen LogP contribution is 2.25. The van der Waals surface area contributed by atoms with E-state index in [0.717, 1.165) is 5.56 Å². The fourth-order valence-electron chi connectivity index (χ4n) is 3.46. The van der Waals surface area contributed by atoms with Crippen molar-refractivity contribution in [1.29, 1.82) is 21.0 Å². The molecule has 0 spiro atoms. The largest absolute Gasteiger partial charge is 0.192 e. The minimum atomic E-state index is -0.145. The molecule has 0 bridgehead atoms. The molecular formula is C24H16N4. The van der Waals surface area contributed by atoms with E-state index in [0.29, 0.717) is 32.0 Å². The Morgan fingerprint density at radius 2 is 1.07 bits per heavy atom. The van der Waals surface area contributed by atoms with Crippen molar-refractivity contribution in [3.63, 3.8) is 0 Å². The SMILES string of the molecule is CC(C)(C)c1ccc2c(=C(C#N)C#N)c3ccccc3c(=C(C#N)C#N)c2c1. The maximum Gasteiger partial charge on any atom is 0.138 e. The van der Waals surface area contributed by atoms with Gasteiger partial charge in [-0.15, -0.1) is 0 Å². The van der Waals surface area contributed by atoms with E-state index in [9.17, 15) is 21.0 Å². The fraction of sp³-hybridized carbons (Fsp3) is 0.167. The van der Waals surface area contributed by atoms with Crippen LogP contribution in [0.25, 0.3) is 32.7 Å². The van der Waals surface area contributed by atoms with Crippen LogP contribution in [0, 0.1) is 45.3 Å². The summed E-state index contributed by atoms with van der Waals surface area (Å²) < 4.78 is 0. The van der Waals surface area contributed by atoms with Crippen LogP contribution in [0.4, 0.5) is 0 Å². The van der Waals surface area contributed by atoms with Gasteiger partial charge in [0, 0.05) is 10.4 Å². The van der Waals surface area contributed by atoms with E-state index in [2.05, 4.69) is 20.8 Å². The first kappa shape index (κ1) is 18.7. The Kier molecular flexibility index (Phi) is 4.59. The van der Waals surface area contributed by atoms with Gasteiger partial charge in [-0.05, 0) is 38.6 Å². The summed E-state index contributed by atoms with van der Waals surface area (Å²) in [5.41, 5.74) is 0.905. The monoisotopic (exact) mass is 360 g/mol. The summed E-state index contributed by atoms with van der Waals surface area (Å²) >= 11 is 0. The second-order valence-electron chi connectivity index (χ2n) is 7.50. The summed E-state index contributed by atoms with van der Waals surface area (Å²) in [6, 6.07) is 21.1. The van der Waals surface area contributed by atoms with Gasteiger partial charge in [-0.1, -0.05) is 57.2 Å². The van der Waals surface area contributed by atoms with Crippen molar-refractivity contribution in [2.45, 2.75) is 26.2 Å². The van der Waals surface area contributed by atoms with Crippen LogP contribution in [-0.4, -0.2) is 0 Å². The molecule has 3 aromatic rings. The lowest BCUT2D eigenvalue weighted by Gasteiger charge is -2.20. The number of hydrogen-bond donors (Lipinski definition) is 0. The average molecular weight is 360 g/mol. The molecular weight excluding hydrogens is 344 g/mol. The first-order valence-corrected chi connectivity index (χ1v) is 8.71. The Labute approximate surface area is 163 Å². The van der Waals surface area contributed by atoms with Gasteiger partial charge in [-0.25, -0.2) is 0 Å². The van der Waals surface area contributed by atoms with Crippen LogP contribution in [0.1, 0.15) is 26.3 Å². The van der Waals surface area contributed by atoms with Crippen LogP contribution >= 0.6 is 0 Å². The Morgan fingerprint density at radius 1 is 0.643 bits per heavy atom. The smallest absolute Gasteiger partial charge is 0.138 e. The third-order valence-electron chi connectivity index (χ3n) is 4.84. The van der Waals surface area contributed by atoms with E-state index in [1.807, 2.05) is 66.7 Å². The molecule has 0 saturated carbocycles. The molecule has 0 unspecified atom stereocenters. The van der Waals surface area contributed by atoms with Gasteiger partial charge in [0.1, 0.15) is 35.4 Å². The lowest BCUT2D eigenvalue weighted by atomic mass is 9.84. The maximum absolute atomic E-state index is 9.58. The molecule has 0 radical (unpaired) electrons. The number of hydrogen-bond acceptors (Lipinski definition) is 4. The molecule has 4 nitrogen and oxygen atoms in total. The Hall–Kier alpha value is -4.12. The first-order valence-electron chi connectivity index (χ1n) is 8.71. The van der Waals surface area contributed by atoms with E-state index in [-0.39, 0.29) is 16.6 Å². The molecule has 28 heavy (non-hydrogen) atoms. The lowest BCUT2D eigenvalue weighted by molar-refractivity contribution is 0.591. The van der Waals surface area contributed by atoms with Gasteiger partial charge < -0.3 is 0 Å². The summed E-state index contributed by atoms with van der Waals surface area (Å²) in [5, 5.41) is 42.0. The van der Waals surface area contributed by atoms with Gasteiger partial charge in [0.25, 0.3) is 0 Å². The van der Waals surface area contributed by atoms with Gasteiger partial charge >= 0.3 is 0 Å². The molecule has 3 aromatic carbocycles. The summed E-state index contributed by atoms with van der Waals surface area (Å²) in [6.07, 6.45) is 0. The first-order chi connectivity index (χ1) is 13.4. The van der Waals surface area contributed by atoms with Crippen molar-refractivity contribution in [2.75, 3.05) is 0 Å². The molecule has 132 valence electrons. The van der Waals surface area contributed by atoms with Crippen molar-refractivity contribution >= 4 is 32.7 Å². The number of fused-ring (bicyclic) bond motifs is 2. The molecule has 0 fully saturated rings. The normalized spacial score (nSPS) is 10.5. The molecule has 0 aliphatic heterocycles. The summed E-state index contributed by atoms with van der Waals surface area (Å²) in [7, 11) is 0. The van der Waals surface area contributed by atoms with Crippen LogP contribution in [0.5, 0.6) is 0 Å². The zero-order valence-corrected chi connectivity index (χ0v) is 15.8. The second kappa shape index (κ2) is 6.89. The molecule has 3 rings (SSSR count). The molecule has 0 aliphatic rings. The number of benzene rings is 3. The lowest BCUT2D eigenvalue weighted by Crippen LogP contribution is -2.20. The topological polar surface area (TPSA) is 95.2 Å². The van der Waals surface area contributed by atoms with E-state index in [1.165, 1.54) is 0 Å². The number of nitriles is 4. The molecule has 0 aromatic heterocycles. The van der Waals surface area contributed by atoms with Gasteiger partial charge in [-0.2, -0.15) is 21.0 Å². The average Bonchev–Trinajstić information content (AvgIpc) is 2.69. The van der Waals surface area contributed by atoms with E-state index < -0.39 is 0 Å². The highest BCUT2D eigenvalue weighted by Gasteiger charge is 2.17. The predicted molar refractivity (Wildman–Crippen MR) is 109 cm³/mol. The predicted octanol–water partition coefficient (Wildman–Crippen LogP) is 3.69. The van der Waals surface area contributed by atoms with Crippen LogP contribution < -0.4 is 10.4 Å².